The monoisotopic (exact) mass is 265 g/mol. The van der Waals surface area contributed by atoms with Gasteiger partial charge in [0.25, 0.3) is 0 Å². The maximum atomic E-state index is 10.9. The Labute approximate surface area is 109 Å². The SMILES string of the molecule is Cc1ccc(CNC(CC(=O)O)c2cccs2)o1. The number of aliphatic carboxylic acids is 1. The molecule has 2 aromatic rings. The minimum atomic E-state index is -0.809. The second kappa shape index (κ2) is 5.84. The molecule has 1 unspecified atom stereocenters. The Balaban J connectivity index is 1.99. The van der Waals surface area contributed by atoms with E-state index >= 15 is 0 Å². The summed E-state index contributed by atoms with van der Waals surface area (Å²) in [6.07, 6.45) is 0.0696. The molecule has 18 heavy (non-hydrogen) atoms. The Bertz CT molecular complexity index is 504. The molecule has 2 heterocycles. The van der Waals surface area contributed by atoms with Crippen molar-refractivity contribution in [3.63, 3.8) is 0 Å². The standard InChI is InChI=1S/C13H15NO3S/c1-9-4-5-10(17-9)8-14-11(7-13(15)16)12-3-2-6-18-12/h2-6,11,14H,7-8H2,1H3,(H,15,16). The molecule has 2 aromatic heterocycles. The summed E-state index contributed by atoms with van der Waals surface area (Å²) in [4.78, 5) is 11.9. The zero-order valence-electron chi connectivity index (χ0n) is 10.1. The van der Waals surface area contributed by atoms with E-state index in [9.17, 15) is 4.79 Å². The largest absolute Gasteiger partial charge is 0.481 e. The van der Waals surface area contributed by atoms with Gasteiger partial charge in [-0.15, -0.1) is 11.3 Å². The van der Waals surface area contributed by atoms with Crippen molar-refractivity contribution in [2.75, 3.05) is 0 Å². The van der Waals surface area contributed by atoms with Crippen molar-refractivity contribution < 1.29 is 14.3 Å². The van der Waals surface area contributed by atoms with Crippen molar-refractivity contribution in [1.82, 2.24) is 5.32 Å². The summed E-state index contributed by atoms with van der Waals surface area (Å²) in [5.74, 6) is 0.869. The number of hydrogen-bond acceptors (Lipinski definition) is 4. The smallest absolute Gasteiger partial charge is 0.305 e. The number of aryl methyl sites for hydroxylation is 1. The van der Waals surface area contributed by atoms with E-state index in [1.807, 2.05) is 36.6 Å². The van der Waals surface area contributed by atoms with Crippen LogP contribution in [0.1, 0.15) is 28.9 Å². The maximum Gasteiger partial charge on any atom is 0.305 e. The summed E-state index contributed by atoms with van der Waals surface area (Å²) >= 11 is 1.56. The number of hydrogen-bond donors (Lipinski definition) is 2. The summed E-state index contributed by atoms with van der Waals surface area (Å²) in [5, 5.41) is 14.1. The lowest BCUT2D eigenvalue weighted by atomic mass is 10.1. The number of carboxylic acid groups (broad SMARTS) is 1. The molecule has 0 aliphatic rings. The first-order chi connectivity index (χ1) is 8.65. The highest BCUT2D eigenvalue weighted by atomic mass is 32.1. The number of rotatable bonds is 6. The third-order valence-corrected chi connectivity index (χ3v) is 3.57. The van der Waals surface area contributed by atoms with Crippen molar-refractivity contribution in [2.24, 2.45) is 0 Å². The molecule has 4 nitrogen and oxygen atoms in total. The second-order valence-electron chi connectivity index (χ2n) is 4.06. The number of carboxylic acids is 1. The van der Waals surface area contributed by atoms with Crippen molar-refractivity contribution in [3.05, 3.63) is 46.0 Å². The van der Waals surface area contributed by atoms with E-state index in [4.69, 9.17) is 9.52 Å². The van der Waals surface area contributed by atoms with Crippen LogP contribution < -0.4 is 5.32 Å². The van der Waals surface area contributed by atoms with Gasteiger partial charge in [-0.25, -0.2) is 0 Å². The Kier molecular flexibility index (Phi) is 4.17. The fourth-order valence-electron chi connectivity index (χ4n) is 1.74. The zero-order chi connectivity index (χ0) is 13.0. The Morgan fingerprint density at radius 1 is 1.50 bits per heavy atom. The van der Waals surface area contributed by atoms with Crippen LogP contribution in [0, 0.1) is 6.92 Å². The molecule has 0 fully saturated rings. The van der Waals surface area contributed by atoms with Gasteiger partial charge in [0.1, 0.15) is 11.5 Å². The van der Waals surface area contributed by atoms with Gasteiger partial charge in [0.05, 0.1) is 19.0 Å². The van der Waals surface area contributed by atoms with Gasteiger partial charge in [-0.1, -0.05) is 6.07 Å². The average molecular weight is 265 g/mol. The van der Waals surface area contributed by atoms with E-state index in [2.05, 4.69) is 5.32 Å². The van der Waals surface area contributed by atoms with Crippen molar-refractivity contribution in [3.8, 4) is 0 Å². The molecule has 0 saturated carbocycles. The average Bonchev–Trinajstić information content (AvgIpc) is 2.94. The summed E-state index contributed by atoms with van der Waals surface area (Å²) in [7, 11) is 0. The highest BCUT2D eigenvalue weighted by Crippen LogP contribution is 2.22. The number of carbonyl (C=O) groups is 1. The molecule has 1 atom stereocenters. The Hall–Kier alpha value is -1.59. The first kappa shape index (κ1) is 12.9. The highest BCUT2D eigenvalue weighted by Gasteiger charge is 2.16. The van der Waals surface area contributed by atoms with Crippen LogP contribution in [-0.2, 0) is 11.3 Å². The number of nitrogens with one attached hydrogen (secondary N) is 1. The maximum absolute atomic E-state index is 10.9. The second-order valence-corrected chi connectivity index (χ2v) is 5.04. The van der Waals surface area contributed by atoms with E-state index in [0.29, 0.717) is 6.54 Å². The van der Waals surface area contributed by atoms with Crippen LogP contribution in [0.4, 0.5) is 0 Å². The quantitative estimate of drug-likeness (QED) is 0.843. The number of furan rings is 1. The molecule has 96 valence electrons. The van der Waals surface area contributed by atoms with Crippen LogP contribution >= 0.6 is 11.3 Å². The van der Waals surface area contributed by atoms with Crippen molar-refractivity contribution in [2.45, 2.75) is 25.9 Å². The van der Waals surface area contributed by atoms with Gasteiger partial charge in [0.15, 0.2) is 0 Å². The lowest BCUT2D eigenvalue weighted by Crippen LogP contribution is -2.22. The van der Waals surface area contributed by atoms with Crippen molar-refractivity contribution >= 4 is 17.3 Å². The van der Waals surface area contributed by atoms with E-state index in [0.717, 1.165) is 16.4 Å². The molecule has 0 aliphatic carbocycles. The van der Waals surface area contributed by atoms with Crippen LogP contribution in [0.25, 0.3) is 0 Å². The third-order valence-electron chi connectivity index (χ3n) is 2.58. The molecule has 0 saturated heterocycles. The number of thiophene rings is 1. The van der Waals surface area contributed by atoms with Gasteiger partial charge in [0, 0.05) is 4.88 Å². The van der Waals surface area contributed by atoms with Crippen LogP contribution in [0.2, 0.25) is 0 Å². The third kappa shape index (κ3) is 3.45. The lowest BCUT2D eigenvalue weighted by Gasteiger charge is -2.14. The molecule has 5 heteroatoms. The fourth-order valence-corrected chi connectivity index (χ4v) is 2.54. The van der Waals surface area contributed by atoms with Crippen LogP contribution in [-0.4, -0.2) is 11.1 Å². The molecular weight excluding hydrogens is 250 g/mol. The topological polar surface area (TPSA) is 62.5 Å². The molecule has 2 rings (SSSR count). The minimum absolute atomic E-state index is 0.0696. The first-order valence-electron chi connectivity index (χ1n) is 5.69. The summed E-state index contributed by atoms with van der Waals surface area (Å²) < 4.78 is 5.45. The van der Waals surface area contributed by atoms with E-state index in [-0.39, 0.29) is 12.5 Å². The van der Waals surface area contributed by atoms with Crippen LogP contribution in [0.15, 0.2) is 34.1 Å². The predicted molar refractivity (Wildman–Crippen MR) is 69.6 cm³/mol. The van der Waals surface area contributed by atoms with Gasteiger partial charge in [-0.2, -0.15) is 0 Å². The summed E-state index contributed by atoms with van der Waals surface area (Å²) in [6.45, 7) is 2.42. The minimum Gasteiger partial charge on any atom is -0.481 e. The first-order valence-corrected chi connectivity index (χ1v) is 6.57. The Morgan fingerprint density at radius 3 is 2.89 bits per heavy atom. The van der Waals surface area contributed by atoms with Crippen LogP contribution in [0.5, 0.6) is 0 Å². The molecule has 0 aliphatic heterocycles. The molecule has 0 amide bonds. The van der Waals surface area contributed by atoms with E-state index in [1.54, 1.807) is 11.3 Å². The zero-order valence-corrected chi connectivity index (χ0v) is 10.9. The normalized spacial score (nSPS) is 12.5. The molecule has 2 N–H and O–H groups in total. The fraction of sp³-hybridized carbons (Fsp3) is 0.308. The van der Waals surface area contributed by atoms with Crippen LogP contribution in [0.3, 0.4) is 0 Å². The molecule has 0 bridgehead atoms. The van der Waals surface area contributed by atoms with Gasteiger partial charge in [-0.3, -0.25) is 4.79 Å². The predicted octanol–water partition coefficient (Wildman–Crippen LogP) is 2.96. The van der Waals surface area contributed by atoms with Gasteiger partial charge in [-0.05, 0) is 30.5 Å². The molecule has 0 aromatic carbocycles. The molecule has 0 spiro atoms. The summed E-state index contributed by atoms with van der Waals surface area (Å²) in [6, 6.07) is 7.49. The van der Waals surface area contributed by atoms with Crippen molar-refractivity contribution in [1.29, 1.82) is 0 Å². The van der Waals surface area contributed by atoms with Gasteiger partial charge >= 0.3 is 5.97 Å². The van der Waals surface area contributed by atoms with E-state index in [1.165, 1.54) is 0 Å². The van der Waals surface area contributed by atoms with E-state index < -0.39 is 5.97 Å². The van der Waals surface area contributed by atoms with Gasteiger partial charge < -0.3 is 14.8 Å². The molecular formula is C13H15NO3S. The summed E-state index contributed by atoms with van der Waals surface area (Å²) in [5.41, 5.74) is 0. The Morgan fingerprint density at radius 2 is 2.33 bits per heavy atom. The highest BCUT2D eigenvalue weighted by molar-refractivity contribution is 7.10. The molecule has 0 radical (unpaired) electrons. The van der Waals surface area contributed by atoms with Gasteiger partial charge in [0.2, 0.25) is 0 Å². The lowest BCUT2D eigenvalue weighted by molar-refractivity contribution is -0.137.